The minimum absolute atomic E-state index is 0.260. The summed E-state index contributed by atoms with van der Waals surface area (Å²) in [6.45, 7) is 3.52. The number of ether oxygens (including phenoxy) is 1. The van der Waals surface area contributed by atoms with Crippen LogP contribution in [0.4, 0.5) is 10.9 Å². The van der Waals surface area contributed by atoms with E-state index in [1.165, 1.54) is 24.8 Å². The van der Waals surface area contributed by atoms with Crippen LogP contribution < -0.4 is 5.32 Å². The number of carbonyl (C=O) groups excluding carboxylic acids is 1. The smallest absolute Gasteiger partial charge is 0.343 e. The third-order valence-electron chi connectivity index (χ3n) is 2.07. The number of methoxy groups -OCH3 is 1. The zero-order valence-corrected chi connectivity index (χ0v) is 10.9. The average Bonchev–Trinajstić information content (AvgIpc) is 2.74. The molecule has 0 bridgehead atoms. The minimum atomic E-state index is -0.501. The molecule has 0 unspecified atom stereocenters. The number of rotatable bonds is 3. The molecule has 0 aliphatic rings. The molecule has 0 fully saturated rings. The molecule has 0 atom stereocenters. The Balaban J connectivity index is 2.36. The summed E-state index contributed by atoms with van der Waals surface area (Å²) in [5.74, 6) is 1.07. The van der Waals surface area contributed by atoms with Crippen molar-refractivity contribution in [2.24, 2.45) is 0 Å². The molecule has 94 valence electrons. The van der Waals surface area contributed by atoms with Gasteiger partial charge >= 0.3 is 5.97 Å². The van der Waals surface area contributed by atoms with Crippen molar-refractivity contribution in [2.45, 2.75) is 13.8 Å². The molecule has 18 heavy (non-hydrogen) atoms. The highest BCUT2D eigenvalue weighted by Gasteiger charge is 2.15. The highest BCUT2D eigenvalue weighted by molar-refractivity contribution is 7.09. The summed E-state index contributed by atoms with van der Waals surface area (Å²) in [6, 6.07) is 0. The van der Waals surface area contributed by atoms with Gasteiger partial charge in [-0.3, -0.25) is 0 Å². The zero-order valence-electron chi connectivity index (χ0n) is 10.1. The van der Waals surface area contributed by atoms with E-state index in [0.717, 1.165) is 0 Å². The van der Waals surface area contributed by atoms with Crippen molar-refractivity contribution in [3.8, 4) is 0 Å². The van der Waals surface area contributed by atoms with Crippen LogP contribution in [0.2, 0.25) is 0 Å². The molecule has 2 aromatic rings. The fraction of sp³-hybridized carbons (Fsp3) is 0.300. The van der Waals surface area contributed by atoms with Crippen LogP contribution in [0.15, 0.2) is 6.20 Å². The van der Waals surface area contributed by atoms with Crippen molar-refractivity contribution in [1.82, 2.24) is 19.3 Å². The molecule has 2 aromatic heterocycles. The molecule has 0 aromatic carbocycles. The van der Waals surface area contributed by atoms with E-state index in [1.54, 1.807) is 13.8 Å². The Kier molecular flexibility index (Phi) is 3.47. The molecule has 0 saturated carbocycles. The van der Waals surface area contributed by atoms with Crippen molar-refractivity contribution < 1.29 is 9.53 Å². The maximum absolute atomic E-state index is 11.6. The van der Waals surface area contributed by atoms with Gasteiger partial charge in [-0.25, -0.2) is 19.7 Å². The third-order valence-corrected chi connectivity index (χ3v) is 2.79. The monoisotopic (exact) mass is 265 g/mol. The normalized spacial score (nSPS) is 10.2. The number of hydrogen-bond acceptors (Lipinski definition) is 8. The van der Waals surface area contributed by atoms with Crippen molar-refractivity contribution in [2.75, 3.05) is 12.4 Å². The third kappa shape index (κ3) is 2.59. The van der Waals surface area contributed by atoms with Gasteiger partial charge in [-0.2, -0.15) is 4.37 Å². The van der Waals surface area contributed by atoms with E-state index in [-0.39, 0.29) is 5.56 Å². The van der Waals surface area contributed by atoms with Gasteiger partial charge in [0.25, 0.3) is 0 Å². The lowest BCUT2D eigenvalue weighted by Crippen LogP contribution is -2.09. The number of nitrogens with one attached hydrogen (secondary N) is 1. The van der Waals surface area contributed by atoms with E-state index in [9.17, 15) is 4.79 Å². The fourth-order valence-electron chi connectivity index (χ4n) is 1.27. The first-order chi connectivity index (χ1) is 8.60. The van der Waals surface area contributed by atoms with Crippen LogP contribution in [0.1, 0.15) is 22.0 Å². The minimum Gasteiger partial charge on any atom is -0.465 e. The highest BCUT2D eigenvalue weighted by atomic mass is 32.1. The van der Waals surface area contributed by atoms with Crippen molar-refractivity contribution in [1.29, 1.82) is 0 Å². The summed E-state index contributed by atoms with van der Waals surface area (Å²) in [5, 5.41) is 3.51. The van der Waals surface area contributed by atoms with E-state index >= 15 is 0 Å². The fourth-order valence-corrected chi connectivity index (χ4v) is 1.85. The van der Waals surface area contributed by atoms with Gasteiger partial charge in [0.1, 0.15) is 17.2 Å². The first-order valence-electron chi connectivity index (χ1n) is 5.09. The van der Waals surface area contributed by atoms with E-state index in [0.29, 0.717) is 22.6 Å². The number of aromatic nitrogens is 4. The van der Waals surface area contributed by atoms with Gasteiger partial charge in [-0.1, -0.05) is 0 Å². The van der Waals surface area contributed by atoms with Crippen molar-refractivity contribution >= 4 is 28.5 Å². The predicted molar refractivity (Wildman–Crippen MR) is 66.0 cm³/mol. The number of hydrogen-bond donors (Lipinski definition) is 1. The van der Waals surface area contributed by atoms with Gasteiger partial charge < -0.3 is 10.1 Å². The molecule has 2 heterocycles. The van der Waals surface area contributed by atoms with E-state index in [1.807, 2.05) is 0 Å². The quantitative estimate of drug-likeness (QED) is 0.840. The molecule has 0 aliphatic carbocycles. The second kappa shape index (κ2) is 5.05. The number of aryl methyl sites for hydroxylation is 2. The van der Waals surface area contributed by atoms with E-state index in [4.69, 9.17) is 0 Å². The van der Waals surface area contributed by atoms with Crippen LogP contribution in [0.25, 0.3) is 0 Å². The molecular formula is C10H11N5O2S. The summed E-state index contributed by atoms with van der Waals surface area (Å²) >= 11 is 1.19. The summed E-state index contributed by atoms with van der Waals surface area (Å²) in [4.78, 5) is 23.8. The second-order valence-corrected chi connectivity index (χ2v) is 4.19. The average molecular weight is 265 g/mol. The highest BCUT2D eigenvalue weighted by Crippen LogP contribution is 2.20. The Hall–Kier alpha value is -2.09. The number of nitrogens with zero attached hydrogens (tertiary/aromatic N) is 4. The Morgan fingerprint density at radius 2 is 2.11 bits per heavy atom. The van der Waals surface area contributed by atoms with Crippen molar-refractivity contribution in [3.05, 3.63) is 23.4 Å². The van der Waals surface area contributed by atoms with Crippen LogP contribution in [0.5, 0.6) is 0 Å². The molecule has 0 aliphatic heterocycles. The van der Waals surface area contributed by atoms with Crippen LogP contribution in [-0.2, 0) is 4.74 Å². The van der Waals surface area contributed by atoms with Gasteiger partial charge in [0, 0.05) is 17.7 Å². The van der Waals surface area contributed by atoms with Crippen LogP contribution in [0.3, 0.4) is 0 Å². The Morgan fingerprint density at radius 3 is 2.72 bits per heavy atom. The number of esters is 1. The number of anilines is 2. The molecule has 1 N–H and O–H groups in total. The van der Waals surface area contributed by atoms with Gasteiger partial charge in [0.15, 0.2) is 5.82 Å². The first-order valence-corrected chi connectivity index (χ1v) is 5.87. The molecule has 0 radical (unpaired) electrons. The van der Waals surface area contributed by atoms with Crippen LogP contribution >= 0.6 is 11.5 Å². The lowest BCUT2D eigenvalue weighted by Gasteiger charge is -2.07. The molecule has 0 amide bonds. The molecular weight excluding hydrogens is 254 g/mol. The predicted octanol–water partition coefficient (Wildman–Crippen LogP) is 1.48. The van der Waals surface area contributed by atoms with Gasteiger partial charge in [0.05, 0.1) is 7.11 Å². The molecule has 7 nitrogen and oxygen atoms in total. The zero-order chi connectivity index (χ0) is 13.1. The Labute approximate surface area is 107 Å². The molecule has 8 heteroatoms. The lowest BCUT2D eigenvalue weighted by molar-refractivity contribution is 0.0601. The van der Waals surface area contributed by atoms with Crippen LogP contribution in [-0.4, -0.2) is 32.4 Å². The summed E-state index contributed by atoms with van der Waals surface area (Å²) in [5.41, 5.74) is 0.260. The maximum Gasteiger partial charge on any atom is 0.343 e. The molecule has 2 rings (SSSR count). The standard InChI is InChI=1S/C10H11N5O2S/c1-5-11-4-7(9(16)17-3)8(12-5)14-10-13-6(2)15-18-10/h4H,1-3H3,(H,11,12,13,14,15). The molecule has 0 spiro atoms. The Bertz CT molecular complexity index is 583. The number of carbonyl (C=O) groups is 1. The summed E-state index contributed by atoms with van der Waals surface area (Å²) in [7, 11) is 1.31. The second-order valence-electron chi connectivity index (χ2n) is 3.44. The summed E-state index contributed by atoms with van der Waals surface area (Å²) < 4.78 is 8.71. The largest absolute Gasteiger partial charge is 0.465 e. The van der Waals surface area contributed by atoms with Gasteiger partial charge in [0.2, 0.25) is 5.13 Å². The SMILES string of the molecule is COC(=O)c1cnc(C)nc1Nc1nc(C)ns1. The molecule has 0 saturated heterocycles. The topological polar surface area (TPSA) is 89.9 Å². The van der Waals surface area contributed by atoms with Gasteiger partial charge in [-0.15, -0.1) is 0 Å². The van der Waals surface area contributed by atoms with Gasteiger partial charge in [-0.05, 0) is 13.8 Å². The Morgan fingerprint density at radius 1 is 1.33 bits per heavy atom. The van der Waals surface area contributed by atoms with Crippen molar-refractivity contribution in [3.63, 3.8) is 0 Å². The maximum atomic E-state index is 11.6. The van der Waals surface area contributed by atoms with E-state index in [2.05, 4.69) is 29.4 Å². The lowest BCUT2D eigenvalue weighted by atomic mass is 10.3. The summed E-state index contributed by atoms with van der Waals surface area (Å²) in [6.07, 6.45) is 1.42. The van der Waals surface area contributed by atoms with Crippen LogP contribution in [0, 0.1) is 13.8 Å². The first kappa shape index (κ1) is 12.4. The van der Waals surface area contributed by atoms with E-state index < -0.39 is 5.97 Å².